The number of nitrogens with one attached hydrogen (secondary N) is 1. The fraction of sp³-hybridized carbons (Fsp3) is 0.355. The van der Waals surface area contributed by atoms with Crippen molar-refractivity contribution in [3.05, 3.63) is 106 Å². The molecule has 1 fully saturated rings. The average Bonchev–Trinajstić information content (AvgIpc) is 3.42. The van der Waals surface area contributed by atoms with E-state index in [4.69, 9.17) is 11.6 Å². The van der Waals surface area contributed by atoms with Gasteiger partial charge in [-0.05, 0) is 42.5 Å². The number of thioether (sulfide) groups is 1. The minimum absolute atomic E-state index is 0.0560. The van der Waals surface area contributed by atoms with E-state index >= 15 is 0 Å². The van der Waals surface area contributed by atoms with Crippen molar-refractivity contribution in [3.8, 4) is 0 Å². The number of rotatable bonds is 11. The van der Waals surface area contributed by atoms with Gasteiger partial charge in [0.25, 0.3) is 0 Å². The Hall–Kier alpha value is -2.76. The average molecular weight is 535 g/mol. The highest BCUT2D eigenvalue weighted by atomic mass is 35.5. The maximum atomic E-state index is 13.8. The van der Waals surface area contributed by atoms with Gasteiger partial charge in [0.2, 0.25) is 11.8 Å². The maximum Gasteiger partial charge on any atom is 0.243 e. The quantitative estimate of drug-likeness (QED) is 0.302. The summed E-state index contributed by atoms with van der Waals surface area (Å²) in [7, 11) is 0. The molecule has 3 aromatic rings. The molecule has 0 spiro atoms. The third-order valence-electron chi connectivity index (χ3n) is 6.89. The zero-order chi connectivity index (χ0) is 26.0. The number of carbonyl (C=O) groups excluding carboxylic acids is 2. The number of aryl methyl sites for hydroxylation is 1. The second-order valence-electron chi connectivity index (χ2n) is 9.79. The molecule has 1 atom stereocenters. The number of halogens is 1. The molecule has 0 saturated heterocycles. The van der Waals surface area contributed by atoms with Crippen LogP contribution in [-0.2, 0) is 28.3 Å². The SMILES string of the molecule is Cc1ccc(CSCC(=O)N(Cc2ccccc2Cl)[C@H](Cc2ccccc2)C(=O)NC2CCCC2)cc1. The van der Waals surface area contributed by atoms with Crippen molar-refractivity contribution in [2.45, 2.75) is 63.4 Å². The van der Waals surface area contributed by atoms with Crippen LogP contribution in [0.25, 0.3) is 0 Å². The first-order valence-electron chi connectivity index (χ1n) is 13.0. The molecule has 0 radical (unpaired) electrons. The molecule has 0 heterocycles. The van der Waals surface area contributed by atoms with Gasteiger partial charge in [0, 0.05) is 29.8 Å². The number of hydrogen-bond donors (Lipinski definition) is 1. The van der Waals surface area contributed by atoms with Gasteiger partial charge in [-0.1, -0.05) is 103 Å². The predicted octanol–water partition coefficient (Wildman–Crippen LogP) is 6.58. The van der Waals surface area contributed by atoms with Gasteiger partial charge in [0.05, 0.1) is 5.75 Å². The Kier molecular flexibility index (Phi) is 10.1. The van der Waals surface area contributed by atoms with Crippen molar-refractivity contribution in [1.29, 1.82) is 0 Å². The summed E-state index contributed by atoms with van der Waals surface area (Å²) in [6.45, 7) is 2.36. The van der Waals surface area contributed by atoms with Gasteiger partial charge in [-0.3, -0.25) is 9.59 Å². The standard InChI is InChI=1S/C31H35ClN2O2S/c1-23-15-17-25(18-16-23)21-37-22-30(35)34(20-26-11-5-8-14-28(26)32)29(19-24-9-3-2-4-10-24)31(36)33-27-12-6-7-13-27/h2-5,8-11,14-18,27,29H,6-7,12-13,19-22H2,1H3,(H,33,36)/t29-/m1/s1. The van der Waals surface area contributed by atoms with Crippen LogP contribution in [0.4, 0.5) is 0 Å². The van der Waals surface area contributed by atoms with Crippen LogP contribution in [0.5, 0.6) is 0 Å². The molecule has 2 amide bonds. The third kappa shape index (κ3) is 8.11. The van der Waals surface area contributed by atoms with Crippen LogP contribution in [0.1, 0.15) is 47.9 Å². The highest BCUT2D eigenvalue weighted by molar-refractivity contribution is 7.99. The van der Waals surface area contributed by atoms with E-state index in [1.165, 1.54) is 11.1 Å². The van der Waals surface area contributed by atoms with Crippen molar-refractivity contribution in [1.82, 2.24) is 10.2 Å². The van der Waals surface area contributed by atoms with Crippen LogP contribution in [0.15, 0.2) is 78.9 Å². The molecule has 6 heteroatoms. The van der Waals surface area contributed by atoms with Gasteiger partial charge < -0.3 is 10.2 Å². The summed E-state index contributed by atoms with van der Waals surface area (Å²) in [6, 6.07) is 25.4. The van der Waals surface area contributed by atoms with Crippen molar-refractivity contribution in [2.75, 3.05) is 5.75 Å². The molecule has 37 heavy (non-hydrogen) atoms. The molecule has 1 N–H and O–H groups in total. The third-order valence-corrected chi connectivity index (χ3v) is 8.24. The summed E-state index contributed by atoms with van der Waals surface area (Å²) in [5.74, 6) is 0.892. The number of benzene rings is 3. The van der Waals surface area contributed by atoms with Crippen LogP contribution >= 0.6 is 23.4 Å². The normalized spacial score (nSPS) is 14.3. The van der Waals surface area contributed by atoms with Crippen molar-refractivity contribution >= 4 is 35.2 Å². The summed E-state index contributed by atoms with van der Waals surface area (Å²) in [5.41, 5.74) is 4.26. The van der Waals surface area contributed by atoms with Crippen LogP contribution in [0.2, 0.25) is 5.02 Å². The molecule has 1 aliphatic rings. The Balaban J connectivity index is 1.56. The lowest BCUT2D eigenvalue weighted by Gasteiger charge is -2.32. The first kappa shape index (κ1) is 27.3. The molecule has 0 unspecified atom stereocenters. The van der Waals surface area contributed by atoms with E-state index in [-0.39, 0.29) is 17.9 Å². The molecule has 1 saturated carbocycles. The topological polar surface area (TPSA) is 49.4 Å². The lowest BCUT2D eigenvalue weighted by molar-refractivity contribution is -0.139. The molecule has 0 aromatic heterocycles. The maximum absolute atomic E-state index is 13.8. The van der Waals surface area contributed by atoms with Gasteiger partial charge in [-0.15, -0.1) is 11.8 Å². The van der Waals surface area contributed by atoms with Crippen LogP contribution in [0, 0.1) is 6.92 Å². The summed E-state index contributed by atoms with van der Waals surface area (Å²) in [5, 5.41) is 3.85. The fourth-order valence-electron chi connectivity index (χ4n) is 4.76. The Morgan fingerprint density at radius 3 is 2.32 bits per heavy atom. The molecular weight excluding hydrogens is 500 g/mol. The molecule has 3 aromatic carbocycles. The lowest BCUT2D eigenvalue weighted by Crippen LogP contribution is -2.52. The highest BCUT2D eigenvalue weighted by Gasteiger charge is 2.32. The van der Waals surface area contributed by atoms with E-state index in [1.807, 2.05) is 54.6 Å². The minimum Gasteiger partial charge on any atom is -0.352 e. The van der Waals surface area contributed by atoms with Gasteiger partial charge in [0.15, 0.2) is 0 Å². The zero-order valence-electron chi connectivity index (χ0n) is 21.4. The molecular formula is C31H35ClN2O2S. The Labute approximate surface area is 229 Å². The summed E-state index contributed by atoms with van der Waals surface area (Å²) >= 11 is 8.08. The Bertz CT molecular complexity index is 1160. The van der Waals surface area contributed by atoms with Crippen molar-refractivity contribution < 1.29 is 9.59 Å². The van der Waals surface area contributed by atoms with E-state index in [0.29, 0.717) is 23.7 Å². The second-order valence-corrected chi connectivity index (χ2v) is 11.2. The molecule has 0 aliphatic heterocycles. The number of carbonyl (C=O) groups is 2. The van der Waals surface area contributed by atoms with Crippen LogP contribution < -0.4 is 5.32 Å². The fourth-order valence-corrected chi connectivity index (χ4v) is 5.82. The van der Waals surface area contributed by atoms with Crippen LogP contribution in [0.3, 0.4) is 0 Å². The predicted molar refractivity (Wildman–Crippen MR) is 154 cm³/mol. The number of nitrogens with zero attached hydrogens (tertiary/aromatic N) is 1. The second kappa shape index (κ2) is 13.7. The monoisotopic (exact) mass is 534 g/mol. The largest absolute Gasteiger partial charge is 0.352 e. The van der Waals surface area contributed by atoms with Crippen molar-refractivity contribution in [2.24, 2.45) is 0 Å². The molecule has 1 aliphatic carbocycles. The number of hydrogen-bond acceptors (Lipinski definition) is 3. The van der Waals surface area contributed by atoms with Gasteiger partial charge >= 0.3 is 0 Å². The van der Waals surface area contributed by atoms with E-state index in [0.717, 1.165) is 42.6 Å². The molecule has 4 rings (SSSR count). The summed E-state index contributed by atoms with van der Waals surface area (Å²) in [6.07, 6.45) is 4.71. The summed E-state index contributed by atoms with van der Waals surface area (Å²) in [4.78, 5) is 29.2. The van der Waals surface area contributed by atoms with E-state index in [2.05, 4.69) is 36.5 Å². The van der Waals surface area contributed by atoms with Gasteiger partial charge in [-0.25, -0.2) is 0 Å². The first-order valence-corrected chi connectivity index (χ1v) is 14.5. The van der Waals surface area contributed by atoms with Gasteiger partial charge in [-0.2, -0.15) is 0 Å². The Morgan fingerprint density at radius 1 is 0.946 bits per heavy atom. The zero-order valence-corrected chi connectivity index (χ0v) is 22.9. The smallest absolute Gasteiger partial charge is 0.243 e. The molecule has 4 nitrogen and oxygen atoms in total. The summed E-state index contributed by atoms with van der Waals surface area (Å²) < 4.78 is 0. The van der Waals surface area contributed by atoms with Crippen LogP contribution in [-0.4, -0.2) is 34.6 Å². The Morgan fingerprint density at radius 2 is 1.62 bits per heavy atom. The molecule has 0 bridgehead atoms. The minimum atomic E-state index is -0.619. The van der Waals surface area contributed by atoms with E-state index < -0.39 is 6.04 Å². The highest BCUT2D eigenvalue weighted by Crippen LogP contribution is 2.23. The van der Waals surface area contributed by atoms with Crippen molar-refractivity contribution in [3.63, 3.8) is 0 Å². The van der Waals surface area contributed by atoms with E-state index in [1.54, 1.807) is 16.7 Å². The van der Waals surface area contributed by atoms with Gasteiger partial charge in [0.1, 0.15) is 6.04 Å². The molecule has 194 valence electrons. The number of amides is 2. The lowest BCUT2D eigenvalue weighted by atomic mass is 10.0. The van der Waals surface area contributed by atoms with E-state index in [9.17, 15) is 9.59 Å². The first-order chi connectivity index (χ1) is 18.0.